The van der Waals surface area contributed by atoms with Gasteiger partial charge in [-0.3, -0.25) is 24.0 Å². The van der Waals surface area contributed by atoms with Crippen LogP contribution in [0.5, 0.6) is 0 Å². The van der Waals surface area contributed by atoms with Crippen molar-refractivity contribution in [3.63, 3.8) is 0 Å². The van der Waals surface area contributed by atoms with Crippen LogP contribution in [-0.4, -0.2) is 153 Å². The number of hydrogen-bond donors (Lipinski definition) is 1. The number of esters is 5. The Morgan fingerprint density at radius 2 is 1.52 bits per heavy atom. The highest BCUT2D eigenvalue weighted by atomic mass is 16.7. The van der Waals surface area contributed by atoms with Crippen molar-refractivity contribution in [1.82, 2.24) is 4.90 Å². The second-order valence-electron chi connectivity index (χ2n) is 16.6. The van der Waals surface area contributed by atoms with E-state index in [4.69, 9.17) is 47.4 Å². The summed E-state index contributed by atoms with van der Waals surface area (Å²) in [5, 5.41) is 11.7. The van der Waals surface area contributed by atoms with E-state index in [1.54, 1.807) is 71.0 Å². The van der Waals surface area contributed by atoms with Crippen LogP contribution in [0.2, 0.25) is 0 Å². The van der Waals surface area contributed by atoms with Crippen molar-refractivity contribution in [3.8, 4) is 0 Å². The number of allylic oxidation sites excluding steroid dienone is 2. The molecule has 2 saturated heterocycles. The minimum Gasteiger partial charge on any atom is -0.462 e. The lowest BCUT2D eigenvalue weighted by Gasteiger charge is -2.51. The van der Waals surface area contributed by atoms with Crippen molar-refractivity contribution in [2.45, 2.75) is 180 Å². The van der Waals surface area contributed by atoms with E-state index >= 15 is 0 Å². The van der Waals surface area contributed by atoms with E-state index in [9.17, 15) is 33.9 Å². The van der Waals surface area contributed by atoms with Crippen LogP contribution >= 0.6 is 0 Å². The first-order valence-electron chi connectivity index (χ1n) is 20.8. The van der Waals surface area contributed by atoms with Gasteiger partial charge in [-0.1, -0.05) is 25.2 Å². The molecule has 0 unspecified atom stereocenters. The number of carbonyl (C=O) groups excluding carboxylic acids is 6. The molecule has 0 bridgehead atoms. The molecule has 0 aromatic rings. The topological polar surface area (TPSA) is 218 Å². The molecular formula is C43H67NO17. The molecule has 3 heterocycles. The predicted octanol–water partition coefficient (Wildman–Crippen LogP) is 3.13. The first-order chi connectivity index (χ1) is 28.6. The van der Waals surface area contributed by atoms with Gasteiger partial charge in [-0.2, -0.15) is 0 Å². The Labute approximate surface area is 358 Å². The molecule has 0 spiro atoms. The predicted molar refractivity (Wildman–Crippen MR) is 215 cm³/mol. The summed E-state index contributed by atoms with van der Waals surface area (Å²) in [6.07, 6.45) is -4.69. The van der Waals surface area contributed by atoms with Crippen molar-refractivity contribution < 1.29 is 81.2 Å². The zero-order valence-corrected chi connectivity index (χ0v) is 37.5. The number of ether oxygens (including phenoxy) is 10. The summed E-state index contributed by atoms with van der Waals surface area (Å²) in [6.45, 7) is 13.6. The molecule has 3 rings (SSSR count). The van der Waals surface area contributed by atoms with Crippen LogP contribution in [0.4, 0.5) is 0 Å². The lowest BCUT2D eigenvalue weighted by molar-refractivity contribution is -0.345. The molecule has 0 aromatic carbocycles. The van der Waals surface area contributed by atoms with Crippen molar-refractivity contribution in [3.05, 3.63) is 24.3 Å². The molecule has 0 aromatic heterocycles. The lowest BCUT2D eigenvalue weighted by Crippen LogP contribution is -2.67. The molecule has 18 heteroatoms. The van der Waals surface area contributed by atoms with Gasteiger partial charge in [-0.25, -0.2) is 0 Å². The molecular weight excluding hydrogens is 802 g/mol. The van der Waals surface area contributed by atoms with E-state index in [1.165, 1.54) is 34.8 Å². The normalized spacial score (nSPS) is 38.9. The van der Waals surface area contributed by atoms with E-state index in [-0.39, 0.29) is 19.3 Å². The monoisotopic (exact) mass is 869 g/mol. The summed E-state index contributed by atoms with van der Waals surface area (Å²) in [7, 11) is 4.81. The molecule has 3 aliphatic rings. The molecule has 61 heavy (non-hydrogen) atoms. The molecule has 0 saturated carbocycles. The van der Waals surface area contributed by atoms with Crippen molar-refractivity contribution in [1.29, 1.82) is 0 Å². The summed E-state index contributed by atoms with van der Waals surface area (Å²) < 4.78 is 60.5. The fraction of sp³-hybridized carbons (Fsp3) is 0.767. The highest BCUT2D eigenvalue weighted by Gasteiger charge is 2.55. The Hall–Kier alpha value is -3.78. The summed E-state index contributed by atoms with van der Waals surface area (Å²) in [4.78, 5) is 76.7. The van der Waals surface area contributed by atoms with Gasteiger partial charge in [0.1, 0.15) is 30.7 Å². The summed E-state index contributed by atoms with van der Waals surface area (Å²) >= 11 is 0. The van der Waals surface area contributed by atoms with Gasteiger partial charge < -0.3 is 62.2 Å². The number of methoxy groups -OCH3 is 1. The van der Waals surface area contributed by atoms with Crippen molar-refractivity contribution >= 4 is 36.1 Å². The third kappa shape index (κ3) is 14.9. The summed E-state index contributed by atoms with van der Waals surface area (Å²) in [5.41, 5.74) is -1.34. The van der Waals surface area contributed by atoms with Crippen molar-refractivity contribution in [2.24, 2.45) is 11.8 Å². The third-order valence-corrected chi connectivity index (χ3v) is 11.0. The number of nitrogens with zero attached hydrogens (tertiary/aromatic N) is 1. The number of aldehydes is 1. The molecule has 0 radical (unpaired) electrons. The van der Waals surface area contributed by atoms with Crippen LogP contribution in [-0.2, 0) is 76.1 Å². The summed E-state index contributed by atoms with van der Waals surface area (Å²) in [6, 6.07) is -0.800. The van der Waals surface area contributed by atoms with E-state index < -0.39 is 133 Å². The minimum absolute atomic E-state index is 0.0432. The Balaban J connectivity index is 2.10. The SMILES string of the molecule is CO[C@H]1[C@H](O[C@@H]2O[C@H](C)[C@H](O[C@@H]3C[C@@](C)(OC(C)=O)[C@@H](OC(C)=O)[C@@H](C)O3)[C@H](N(C)C)[C@H]2OC(C)=O)[C@@H](CC=O)C[C@@H](C)[C@@H](OC(C)=O)/C=C/C=C/C[C@@H](C)OC(=O)C[C@@H]1O. The highest BCUT2D eigenvalue weighted by Crippen LogP contribution is 2.39. The van der Waals surface area contributed by atoms with Gasteiger partial charge in [0, 0.05) is 54.1 Å². The maximum atomic E-state index is 13.1. The van der Waals surface area contributed by atoms with Crippen LogP contribution in [0, 0.1) is 11.8 Å². The average molecular weight is 870 g/mol. The van der Waals surface area contributed by atoms with Gasteiger partial charge in [-0.15, -0.1) is 0 Å². The number of carbonyl (C=O) groups is 6. The van der Waals surface area contributed by atoms with Gasteiger partial charge in [0.25, 0.3) is 0 Å². The molecule has 16 atom stereocenters. The van der Waals surface area contributed by atoms with Crippen molar-refractivity contribution in [2.75, 3.05) is 21.2 Å². The van der Waals surface area contributed by atoms with E-state index in [0.717, 1.165) is 0 Å². The third-order valence-electron chi connectivity index (χ3n) is 11.0. The zero-order chi connectivity index (χ0) is 45.8. The largest absolute Gasteiger partial charge is 0.462 e. The Bertz CT molecular complexity index is 1550. The van der Waals surface area contributed by atoms with Gasteiger partial charge in [0.15, 0.2) is 30.4 Å². The lowest BCUT2D eigenvalue weighted by atomic mass is 9.82. The Kier molecular flexibility index (Phi) is 20.0. The minimum atomic E-state index is -1.51. The first-order valence-corrected chi connectivity index (χ1v) is 20.8. The quantitative estimate of drug-likeness (QED) is 0.169. The maximum absolute atomic E-state index is 13.1. The van der Waals surface area contributed by atoms with Gasteiger partial charge in [-0.05, 0) is 66.1 Å². The van der Waals surface area contributed by atoms with Crippen LogP contribution in [0.25, 0.3) is 0 Å². The highest BCUT2D eigenvalue weighted by molar-refractivity contribution is 5.70. The summed E-state index contributed by atoms with van der Waals surface area (Å²) in [5.74, 6) is -4.23. The molecule has 3 aliphatic heterocycles. The molecule has 0 aliphatic carbocycles. The van der Waals surface area contributed by atoms with Gasteiger partial charge in [0.05, 0.1) is 36.9 Å². The Morgan fingerprint density at radius 3 is 2.10 bits per heavy atom. The fourth-order valence-corrected chi connectivity index (χ4v) is 8.47. The zero-order valence-electron chi connectivity index (χ0n) is 37.5. The smallest absolute Gasteiger partial charge is 0.308 e. The molecule has 2 fully saturated rings. The maximum Gasteiger partial charge on any atom is 0.308 e. The van der Waals surface area contributed by atoms with E-state index in [0.29, 0.717) is 12.7 Å². The number of likely N-dealkylation sites (N-methyl/N-ethyl adjacent to an activating group) is 1. The second-order valence-corrected chi connectivity index (χ2v) is 16.6. The standard InChI is InChI=1S/C43H67NO17/c1-23-20-31(18-19-45)38(39(52-12)32(50)21-34(51)53-24(2)16-14-13-15-17-33(23)56-27(5)46)60-42-40(57-28(6)47)36(44(10)11)37(25(3)55-42)59-35-22-43(9,61-30(8)49)41(26(4)54-35)58-29(7)48/h13-15,17,19,23-26,31-33,35-42,50H,16,18,20-22H2,1-12H3/b14-13+,17-15+/t23-,24-,25-,26-,31+,32+,33+,35-,36+,37+,38-,39-,40-,41+,42+,43-/m1/s1. The number of aliphatic hydroxyl groups is 1. The van der Waals surface area contributed by atoms with Crippen LogP contribution in [0.1, 0.15) is 94.4 Å². The van der Waals surface area contributed by atoms with E-state index in [1.807, 2.05) is 6.92 Å². The van der Waals surface area contributed by atoms with Crippen LogP contribution in [0.3, 0.4) is 0 Å². The molecule has 346 valence electrons. The number of cyclic esters (lactones) is 1. The number of rotatable bonds is 12. The Morgan fingerprint density at radius 1 is 0.869 bits per heavy atom. The fourth-order valence-electron chi connectivity index (χ4n) is 8.47. The molecule has 18 nitrogen and oxygen atoms in total. The van der Waals surface area contributed by atoms with E-state index in [2.05, 4.69) is 0 Å². The van der Waals surface area contributed by atoms with Gasteiger partial charge >= 0.3 is 29.8 Å². The molecule has 1 N–H and O–H groups in total. The number of aliphatic hydroxyl groups excluding tert-OH is 1. The molecule has 0 amide bonds. The second kappa shape index (κ2) is 23.6. The average Bonchev–Trinajstić information content (AvgIpc) is 3.12. The number of hydrogen-bond acceptors (Lipinski definition) is 18. The van der Waals surface area contributed by atoms with Crippen LogP contribution in [0.15, 0.2) is 24.3 Å². The van der Waals surface area contributed by atoms with Gasteiger partial charge in [0.2, 0.25) is 0 Å². The first kappa shape index (κ1) is 51.6. The van der Waals surface area contributed by atoms with Crippen LogP contribution < -0.4 is 0 Å².